The Balaban J connectivity index is 1.94. The van der Waals surface area contributed by atoms with Gasteiger partial charge in [-0.15, -0.1) is 0 Å². The summed E-state index contributed by atoms with van der Waals surface area (Å²) in [4.78, 5) is 16.2. The van der Waals surface area contributed by atoms with Crippen LogP contribution in [0.2, 0.25) is 0 Å². The summed E-state index contributed by atoms with van der Waals surface area (Å²) in [6.45, 7) is 1.86. The van der Waals surface area contributed by atoms with Crippen molar-refractivity contribution in [2.45, 2.75) is 12.8 Å². The molecule has 9 nitrogen and oxygen atoms in total. The minimum Gasteiger partial charge on any atom is -0.481 e. The molecule has 0 fully saturated rings. The minimum absolute atomic E-state index is 0.107. The van der Waals surface area contributed by atoms with Crippen molar-refractivity contribution in [1.82, 2.24) is 30.1 Å². The molecule has 0 saturated heterocycles. The van der Waals surface area contributed by atoms with Crippen LogP contribution in [0.1, 0.15) is 24.2 Å². The second-order valence-corrected chi connectivity index (χ2v) is 4.96. The third-order valence-electron chi connectivity index (χ3n) is 3.35. The number of rotatable bonds is 5. The Morgan fingerprint density at radius 1 is 1.25 bits per heavy atom. The summed E-state index contributed by atoms with van der Waals surface area (Å²) < 4.78 is 18.0. The SMILES string of the molecule is COc1cc(Nc2nc(N)ncc2[C@H](C)c2ncc(F)cn2)n[nH]1. The van der Waals surface area contributed by atoms with E-state index >= 15 is 0 Å². The summed E-state index contributed by atoms with van der Waals surface area (Å²) in [7, 11) is 1.53. The molecular formula is C14H15FN8O. The molecule has 3 rings (SSSR count). The number of hydrogen-bond acceptors (Lipinski definition) is 8. The van der Waals surface area contributed by atoms with Gasteiger partial charge in [0.05, 0.1) is 19.5 Å². The van der Waals surface area contributed by atoms with Crippen molar-refractivity contribution in [3.8, 4) is 5.88 Å². The van der Waals surface area contributed by atoms with E-state index in [4.69, 9.17) is 10.5 Å². The van der Waals surface area contributed by atoms with E-state index < -0.39 is 5.82 Å². The lowest BCUT2D eigenvalue weighted by Gasteiger charge is -2.14. The molecule has 4 N–H and O–H groups in total. The quantitative estimate of drug-likeness (QED) is 0.644. The molecule has 0 aromatic carbocycles. The van der Waals surface area contributed by atoms with Crippen molar-refractivity contribution in [1.29, 1.82) is 0 Å². The third kappa shape index (κ3) is 3.21. The van der Waals surface area contributed by atoms with Gasteiger partial charge in [-0.3, -0.25) is 0 Å². The van der Waals surface area contributed by atoms with E-state index in [9.17, 15) is 4.39 Å². The first-order valence-electron chi connectivity index (χ1n) is 7.03. The number of nitrogens with one attached hydrogen (secondary N) is 2. The van der Waals surface area contributed by atoms with Gasteiger partial charge in [0, 0.05) is 23.7 Å². The second kappa shape index (κ2) is 6.44. The number of aromatic nitrogens is 6. The molecule has 1 atom stereocenters. The number of H-pyrrole nitrogens is 1. The van der Waals surface area contributed by atoms with Crippen LogP contribution in [-0.2, 0) is 0 Å². The maximum Gasteiger partial charge on any atom is 0.221 e. The molecule has 0 saturated carbocycles. The average Bonchev–Trinajstić information content (AvgIpc) is 3.03. The smallest absolute Gasteiger partial charge is 0.221 e. The fourth-order valence-electron chi connectivity index (χ4n) is 2.10. The summed E-state index contributed by atoms with van der Waals surface area (Å²) in [5.41, 5.74) is 6.37. The van der Waals surface area contributed by atoms with Crippen molar-refractivity contribution in [2.75, 3.05) is 18.2 Å². The topological polar surface area (TPSA) is 128 Å². The zero-order valence-corrected chi connectivity index (χ0v) is 13.0. The number of anilines is 3. The average molecular weight is 330 g/mol. The lowest BCUT2D eigenvalue weighted by Crippen LogP contribution is -2.09. The summed E-state index contributed by atoms with van der Waals surface area (Å²) in [6, 6.07) is 1.67. The molecule has 0 aliphatic heterocycles. The Morgan fingerprint density at radius 2 is 2.00 bits per heavy atom. The minimum atomic E-state index is -0.499. The summed E-state index contributed by atoms with van der Waals surface area (Å²) >= 11 is 0. The van der Waals surface area contributed by atoms with Gasteiger partial charge >= 0.3 is 0 Å². The van der Waals surface area contributed by atoms with Crippen LogP contribution >= 0.6 is 0 Å². The molecular weight excluding hydrogens is 315 g/mol. The molecule has 24 heavy (non-hydrogen) atoms. The van der Waals surface area contributed by atoms with Gasteiger partial charge in [-0.2, -0.15) is 10.1 Å². The highest BCUT2D eigenvalue weighted by atomic mass is 19.1. The highest BCUT2D eigenvalue weighted by Gasteiger charge is 2.18. The summed E-state index contributed by atoms with van der Waals surface area (Å²) in [5.74, 6) is 1.21. The van der Waals surface area contributed by atoms with Gasteiger partial charge in [0.2, 0.25) is 11.8 Å². The van der Waals surface area contributed by atoms with Crippen molar-refractivity contribution in [2.24, 2.45) is 0 Å². The van der Waals surface area contributed by atoms with E-state index in [2.05, 4.69) is 35.5 Å². The normalized spacial score (nSPS) is 12.0. The monoisotopic (exact) mass is 330 g/mol. The molecule has 0 aliphatic carbocycles. The lowest BCUT2D eigenvalue weighted by molar-refractivity contribution is 0.397. The standard InChI is InChI=1S/C14H15FN8O/c1-7(12-17-4-8(15)5-18-12)9-6-19-14(16)21-13(9)20-10-3-11(24-2)23-22-10/h3-7H,1-2H3,(H4,16,19,20,21,22,23)/t7-/m0/s1. The van der Waals surface area contributed by atoms with E-state index in [1.165, 1.54) is 7.11 Å². The number of halogens is 1. The maximum atomic E-state index is 13.0. The van der Waals surface area contributed by atoms with E-state index in [-0.39, 0.29) is 11.9 Å². The molecule has 0 aliphatic rings. The first kappa shape index (κ1) is 15.6. The predicted octanol–water partition coefficient (Wildman–Crippen LogP) is 1.61. The van der Waals surface area contributed by atoms with Crippen LogP contribution in [0.25, 0.3) is 0 Å². The number of hydrogen-bond donors (Lipinski definition) is 3. The molecule has 0 unspecified atom stereocenters. The number of methoxy groups -OCH3 is 1. The molecule has 0 amide bonds. The van der Waals surface area contributed by atoms with E-state index in [1.807, 2.05) is 6.92 Å². The van der Waals surface area contributed by atoms with Crippen LogP contribution in [0.3, 0.4) is 0 Å². The maximum absolute atomic E-state index is 13.0. The first-order valence-corrected chi connectivity index (χ1v) is 7.03. The number of nitrogens with two attached hydrogens (primary N) is 1. The second-order valence-electron chi connectivity index (χ2n) is 4.96. The number of nitrogens with zero attached hydrogens (tertiary/aromatic N) is 5. The van der Waals surface area contributed by atoms with Crippen LogP contribution in [0, 0.1) is 5.82 Å². The Labute approximate surface area is 136 Å². The van der Waals surface area contributed by atoms with Gasteiger partial charge in [0.25, 0.3) is 0 Å². The zero-order chi connectivity index (χ0) is 17.1. The predicted molar refractivity (Wildman–Crippen MR) is 84.4 cm³/mol. The third-order valence-corrected chi connectivity index (χ3v) is 3.35. The van der Waals surface area contributed by atoms with Crippen LogP contribution in [-0.4, -0.2) is 37.2 Å². The Morgan fingerprint density at radius 3 is 2.67 bits per heavy atom. The van der Waals surface area contributed by atoms with Gasteiger partial charge < -0.3 is 15.8 Å². The highest BCUT2D eigenvalue weighted by Crippen LogP contribution is 2.28. The van der Waals surface area contributed by atoms with Crippen LogP contribution in [0.5, 0.6) is 5.88 Å². The molecule has 0 spiro atoms. The van der Waals surface area contributed by atoms with Gasteiger partial charge in [0.1, 0.15) is 11.6 Å². The van der Waals surface area contributed by atoms with Crippen LogP contribution in [0.15, 0.2) is 24.7 Å². The van der Waals surface area contributed by atoms with Crippen LogP contribution < -0.4 is 15.8 Å². The summed E-state index contributed by atoms with van der Waals surface area (Å²) in [5, 5.41) is 9.80. The highest BCUT2D eigenvalue weighted by molar-refractivity contribution is 5.59. The molecule has 3 heterocycles. The zero-order valence-electron chi connectivity index (χ0n) is 13.0. The lowest BCUT2D eigenvalue weighted by atomic mass is 10.0. The molecule has 124 valence electrons. The molecule has 10 heteroatoms. The molecule has 3 aromatic rings. The van der Waals surface area contributed by atoms with Crippen molar-refractivity contribution in [3.63, 3.8) is 0 Å². The number of nitrogen functional groups attached to an aromatic ring is 1. The fraction of sp³-hybridized carbons (Fsp3) is 0.214. The number of aromatic amines is 1. The summed E-state index contributed by atoms with van der Waals surface area (Å²) in [6.07, 6.45) is 3.80. The van der Waals surface area contributed by atoms with E-state index in [0.29, 0.717) is 28.9 Å². The van der Waals surface area contributed by atoms with Crippen LogP contribution in [0.4, 0.5) is 22.0 Å². The van der Waals surface area contributed by atoms with Gasteiger partial charge in [0.15, 0.2) is 11.6 Å². The Kier molecular flexibility index (Phi) is 4.18. The molecule has 3 aromatic heterocycles. The van der Waals surface area contributed by atoms with E-state index in [0.717, 1.165) is 12.4 Å². The van der Waals surface area contributed by atoms with Crippen molar-refractivity contribution < 1.29 is 9.13 Å². The van der Waals surface area contributed by atoms with Gasteiger partial charge in [-0.1, -0.05) is 6.92 Å². The van der Waals surface area contributed by atoms with Crippen molar-refractivity contribution in [3.05, 3.63) is 41.9 Å². The van der Waals surface area contributed by atoms with E-state index in [1.54, 1.807) is 12.3 Å². The fourth-order valence-corrected chi connectivity index (χ4v) is 2.10. The largest absolute Gasteiger partial charge is 0.481 e. The van der Waals surface area contributed by atoms with Gasteiger partial charge in [-0.25, -0.2) is 24.4 Å². The van der Waals surface area contributed by atoms with Gasteiger partial charge in [-0.05, 0) is 0 Å². The molecule has 0 radical (unpaired) electrons. The first-order chi connectivity index (χ1) is 11.6. The van der Waals surface area contributed by atoms with Crippen molar-refractivity contribution >= 4 is 17.6 Å². The molecule has 0 bridgehead atoms. The Hall–Kier alpha value is -3.30. The number of ether oxygens (including phenoxy) is 1. The Bertz CT molecular complexity index is 835.